The molecule has 0 aliphatic heterocycles. The van der Waals surface area contributed by atoms with E-state index < -0.39 is 0 Å². The Morgan fingerprint density at radius 1 is 1.05 bits per heavy atom. The first-order chi connectivity index (χ1) is 10.2. The quantitative estimate of drug-likeness (QED) is 0.919. The summed E-state index contributed by atoms with van der Waals surface area (Å²) in [5, 5.41) is 2.15. The molecule has 0 spiro atoms. The summed E-state index contributed by atoms with van der Waals surface area (Å²) < 4.78 is 0. The van der Waals surface area contributed by atoms with Crippen molar-refractivity contribution in [1.82, 2.24) is 4.90 Å². The van der Waals surface area contributed by atoms with Gasteiger partial charge in [0.2, 0.25) is 0 Å². The number of hydrogen-bond acceptors (Lipinski definition) is 2. The van der Waals surface area contributed by atoms with E-state index in [1.54, 1.807) is 0 Å². The van der Waals surface area contributed by atoms with Crippen molar-refractivity contribution in [3.05, 3.63) is 48.0 Å². The van der Waals surface area contributed by atoms with Crippen molar-refractivity contribution in [2.24, 2.45) is 5.73 Å². The average Bonchev–Trinajstić information content (AvgIpc) is 2.53. The van der Waals surface area contributed by atoms with Crippen LogP contribution in [0, 0.1) is 0 Å². The molecule has 0 unspecified atom stereocenters. The highest BCUT2D eigenvalue weighted by atomic mass is 16.2. The van der Waals surface area contributed by atoms with Crippen LogP contribution in [-0.4, -0.2) is 29.9 Å². The van der Waals surface area contributed by atoms with E-state index in [4.69, 9.17) is 5.73 Å². The lowest BCUT2D eigenvalue weighted by Crippen LogP contribution is -2.41. The molecule has 3 heteroatoms. The highest BCUT2D eigenvalue weighted by Crippen LogP contribution is 2.25. The van der Waals surface area contributed by atoms with E-state index in [9.17, 15) is 4.79 Å². The number of benzene rings is 2. The van der Waals surface area contributed by atoms with Crippen LogP contribution in [0.4, 0.5) is 0 Å². The average molecular weight is 282 g/mol. The number of fused-ring (bicyclic) bond motifs is 1. The number of nitrogens with zero attached hydrogens (tertiary/aromatic N) is 1. The summed E-state index contributed by atoms with van der Waals surface area (Å²) in [5.74, 6) is 0.118. The van der Waals surface area contributed by atoms with E-state index in [2.05, 4.69) is 0 Å². The summed E-state index contributed by atoms with van der Waals surface area (Å²) in [6.07, 6.45) is 4.04. The summed E-state index contributed by atoms with van der Waals surface area (Å²) in [6, 6.07) is 14.6. The number of carbonyl (C=O) groups is 1. The van der Waals surface area contributed by atoms with Crippen molar-refractivity contribution < 1.29 is 4.79 Å². The molecular formula is C18H22N2O. The van der Waals surface area contributed by atoms with Crippen molar-refractivity contribution in [1.29, 1.82) is 0 Å². The standard InChI is InChI=1S/C18H22N2O/c1-20(15-11-9-14(19)10-12-15)18(21)17-8-4-6-13-5-2-3-7-16(13)17/h2-8,14-15H,9-12,19H2,1H3. The fourth-order valence-electron chi connectivity index (χ4n) is 3.26. The molecule has 1 aliphatic carbocycles. The highest BCUT2D eigenvalue weighted by Gasteiger charge is 2.26. The van der Waals surface area contributed by atoms with E-state index in [-0.39, 0.29) is 5.91 Å². The zero-order chi connectivity index (χ0) is 14.8. The summed E-state index contributed by atoms with van der Waals surface area (Å²) in [7, 11) is 1.92. The molecule has 0 radical (unpaired) electrons. The predicted molar refractivity (Wildman–Crippen MR) is 86.3 cm³/mol. The smallest absolute Gasteiger partial charge is 0.254 e. The maximum absolute atomic E-state index is 12.8. The molecule has 2 N–H and O–H groups in total. The van der Waals surface area contributed by atoms with Crippen LogP contribution < -0.4 is 5.73 Å². The van der Waals surface area contributed by atoms with Crippen LogP contribution in [0.5, 0.6) is 0 Å². The summed E-state index contributed by atoms with van der Waals surface area (Å²) in [6.45, 7) is 0. The number of amides is 1. The predicted octanol–water partition coefficient (Wildman–Crippen LogP) is 3.18. The van der Waals surface area contributed by atoms with Crippen LogP contribution in [0.25, 0.3) is 10.8 Å². The van der Waals surface area contributed by atoms with Gasteiger partial charge in [0.1, 0.15) is 0 Å². The molecule has 1 saturated carbocycles. The van der Waals surface area contributed by atoms with Crippen molar-refractivity contribution >= 4 is 16.7 Å². The fourth-order valence-corrected chi connectivity index (χ4v) is 3.26. The Morgan fingerprint density at radius 2 is 1.71 bits per heavy atom. The minimum atomic E-state index is 0.118. The molecule has 3 nitrogen and oxygen atoms in total. The summed E-state index contributed by atoms with van der Waals surface area (Å²) in [5.41, 5.74) is 6.75. The molecule has 1 amide bonds. The van der Waals surface area contributed by atoms with Gasteiger partial charge in [0.05, 0.1) is 0 Å². The van der Waals surface area contributed by atoms with Crippen LogP contribution in [0.3, 0.4) is 0 Å². The third-order valence-corrected chi connectivity index (χ3v) is 4.63. The molecule has 21 heavy (non-hydrogen) atoms. The summed E-state index contributed by atoms with van der Waals surface area (Å²) in [4.78, 5) is 14.7. The molecule has 0 bridgehead atoms. The molecule has 0 aromatic heterocycles. The second-order valence-electron chi connectivity index (χ2n) is 6.01. The largest absolute Gasteiger partial charge is 0.339 e. The van der Waals surface area contributed by atoms with E-state index in [1.165, 1.54) is 0 Å². The van der Waals surface area contributed by atoms with Gasteiger partial charge in [-0.05, 0) is 42.5 Å². The van der Waals surface area contributed by atoms with Crippen molar-refractivity contribution in [2.45, 2.75) is 37.8 Å². The minimum absolute atomic E-state index is 0.118. The van der Waals surface area contributed by atoms with Gasteiger partial charge in [0.25, 0.3) is 5.91 Å². The lowest BCUT2D eigenvalue weighted by molar-refractivity contribution is 0.0692. The van der Waals surface area contributed by atoms with Gasteiger partial charge in [-0.3, -0.25) is 4.79 Å². The van der Waals surface area contributed by atoms with Gasteiger partial charge < -0.3 is 10.6 Å². The molecule has 110 valence electrons. The number of rotatable bonds is 2. The summed E-state index contributed by atoms with van der Waals surface area (Å²) >= 11 is 0. The minimum Gasteiger partial charge on any atom is -0.339 e. The van der Waals surface area contributed by atoms with Crippen LogP contribution in [0.2, 0.25) is 0 Å². The number of nitrogens with two attached hydrogens (primary N) is 1. The monoisotopic (exact) mass is 282 g/mol. The van der Waals surface area contributed by atoms with Crippen LogP contribution in [0.15, 0.2) is 42.5 Å². The molecule has 2 aromatic carbocycles. The molecule has 3 rings (SSSR count). The first-order valence-corrected chi connectivity index (χ1v) is 7.67. The Hall–Kier alpha value is -1.87. The Morgan fingerprint density at radius 3 is 2.48 bits per heavy atom. The van der Waals surface area contributed by atoms with Crippen molar-refractivity contribution in [3.63, 3.8) is 0 Å². The van der Waals surface area contributed by atoms with Gasteiger partial charge in [-0.25, -0.2) is 0 Å². The van der Waals surface area contributed by atoms with E-state index in [0.29, 0.717) is 12.1 Å². The van der Waals surface area contributed by atoms with Gasteiger partial charge in [-0.2, -0.15) is 0 Å². The molecule has 1 fully saturated rings. The molecule has 0 saturated heterocycles. The Labute approximate surface area is 125 Å². The second-order valence-corrected chi connectivity index (χ2v) is 6.01. The number of carbonyl (C=O) groups excluding carboxylic acids is 1. The first kappa shape index (κ1) is 14.1. The van der Waals surface area contributed by atoms with Crippen LogP contribution in [-0.2, 0) is 0 Å². The molecule has 0 atom stereocenters. The Kier molecular flexibility index (Phi) is 3.93. The van der Waals surface area contributed by atoms with Gasteiger partial charge in [-0.1, -0.05) is 36.4 Å². The molecule has 1 aliphatic rings. The molecule has 2 aromatic rings. The Balaban J connectivity index is 1.86. The highest BCUT2D eigenvalue weighted by molar-refractivity contribution is 6.07. The number of hydrogen-bond donors (Lipinski definition) is 1. The lowest BCUT2D eigenvalue weighted by Gasteiger charge is -2.33. The SMILES string of the molecule is CN(C(=O)c1cccc2ccccc12)C1CCC(N)CC1. The Bertz CT molecular complexity index is 639. The lowest BCUT2D eigenvalue weighted by atomic mass is 9.90. The topological polar surface area (TPSA) is 46.3 Å². The molecular weight excluding hydrogens is 260 g/mol. The zero-order valence-electron chi connectivity index (χ0n) is 12.5. The van der Waals surface area contributed by atoms with Crippen LogP contribution in [0.1, 0.15) is 36.0 Å². The fraction of sp³-hybridized carbons (Fsp3) is 0.389. The van der Waals surface area contributed by atoms with Gasteiger partial charge in [0.15, 0.2) is 0 Å². The van der Waals surface area contributed by atoms with Gasteiger partial charge in [-0.15, -0.1) is 0 Å². The normalized spacial score (nSPS) is 22.2. The third kappa shape index (κ3) is 2.79. The second kappa shape index (κ2) is 5.86. The van der Waals surface area contributed by atoms with Crippen LogP contribution >= 0.6 is 0 Å². The third-order valence-electron chi connectivity index (χ3n) is 4.63. The maximum atomic E-state index is 12.8. The van der Waals surface area contributed by atoms with E-state index in [1.807, 2.05) is 54.4 Å². The van der Waals surface area contributed by atoms with E-state index in [0.717, 1.165) is 42.0 Å². The maximum Gasteiger partial charge on any atom is 0.254 e. The zero-order valence-corrected chi connectivity index (χ0v) is 12.5. The van der Waals surface area contributed by atoms with Crippen molar-refractivity contribution in [2.75, 3.05) is 7.05 Å². The first-order valence-electron chi connectivity index (χ1n) is 7.67. The van der Waals surface area contributed by atoms with Gasteiger partial charge in [0, 0.05) is 24.7 Å². The van der Waals surface area contributed by atoms with Gasteiger partial charge >= 0.3 is 0 Å². The van der Waals surface area contributed by atoms with Crippen molar-refractivity contribution in [3.8, 4) is 0 Å². The molecule has 0 heterocycles. The van der Waals surface area contributed by atoms with E-state index >= 15 is 0 Å².